The standard InChI is InChI=1S/C10H10O/c1-9(8-11)7-10-5-3-2-4-6-10/h2-6,8H,1,7H2/i8D. The summed E-state index contributed by atoms with van der Waals surface area (Å²) >= 11 is 0. The largest absolute Gasteiger partial charge is 0.298 e. The van der Waals surface area contributed by atoms with Crippen LogP contribution < -0.4 is 0 Å². The van der Waals surface area contributed by atoms with Crippen molar-refractivity contribution in [2.75, 3.05) is 0 Å². The molecular formula is C10H10O. The smallest absolute Gasteiger partial charge is 0.145 e. The van der Waals surface area contributed by atoms with Crippen molar-refractivity contribution in [1.82, 2.24) is 0 Å². The fraction of sp³-hybridized carbons (Fsp3) is 0.100. The van der Waals surface area contributed by atoms with Crippen LogP contribution in [0.1, 0.15) is 6.93 Å². The molecule has 0 aliphatic rings. The summed E-state index contributed by atoms with van der Waals surface area (Å²) in [6.07, 6.45) is -0.206. The fourth-order valence-electron chi connectivity index (χ4n) is 0.878. The van der Waals surface area contributed by atoms with Gasteiger partial charge in [-0.1, -0.05) is 36.9 Å². The van der Waals surface area contributed by atoms with Gasteiger partial charge in [-0.05, 0) is 11.1 Å². The molecule has 0 spiro atoms. The lowest BCUT2D eigenvalue weighted by Gasteiger charge is -1.96. The van der Waals surface area contributed by atoms with E-state index in [1.807, 2.05) is 30.3 Å². The van der Waals surface area contributed by atoms with Crippen LogP contribution in [0, 0.1) is 0 Å². The molecule has 0 atom stereocenters. The molecule has 0 fully saturated rings. The summed E-state index contributed by atoms with van der Waals surface area (Å²) in [5, 5.41) is 0. The van der Waals surface area contributed by atoms with Gasteiger partial charge in [0.05, 0.1) is 0 Å². The van der Waals surface area contributed by atoms with Gasteiger partial charge in [-0.3, -0.25) is 4.79 Å². The van der Waals surface area contributed by atoms with Crippen molar-refractivity contribution in [3.63, 3.8) is 0 Å². The van der Waals surface area contributed by atoms with Gasteiger partial charge < -0.3 is 0 Å². The van der Waals surface area contributed by atoms with Crippen molar-refractivity contribution in [3.8, 4) is 0 Å². The zero-order valence-corrected chi connectivity index (χ0v) is 6.21. The van der Waals surface area contributed by atoms with Gasteiger partial charge in [0.15, 0.2) is 0 Å². The van der Waals surface area contributed by atoms with Gasteiger partial charge in [-0.25, -0.2) is 0 Å². The number of aldehydes is 1. The van der Waals surface area contributed by atoms with Crippen LogP contribution in [-0.4, -0.2) is 6.26 Å². The minimum atomic E-state index is -0.682. The average molecular weight is 147 g/mol. The Morgan fingerprint density at radius 1 is 1.55 bits per heavy atom. The first kappa shape index (κ1) is 6.35. The van der Waals surface area contributed by atoms with Gasteiger partial charge in [0, 0.05) is 6.42 Å². The minimum absolute atomic E-state index is 0.334. The molecule has 11 heavy (non-hydrogen) atoms. The molecule has 0 amide bonds. The maximum atomic E-state index is 10.5. The molecule has 1 aromatic rings. The number of hydrogen-bond acceptors (Lipinski definition) is 1. The van der Waals surface area contributed by atoms with Crippen LogP contribution in [0.15, 0.2) is 42.5 Å². The summed E-state index contributed by atoms with van der Waals surface area (Å²) in [7, 11) is 0. The number of carbonyl (C=O) groups excluding carboxylic acids is 1. The van der Waals surface area contributed by atoms with Crippen molar-refractivity contribution in [1.29, 1.82) is 0 Å². The molecule has 0 radical (unpaired) electrons. The van der Waals surface area contributed by atoms with Crippen molar-refractivity contribution < 1.29 is 6.17 Å². The number of allylic oxidation sites excluding steroid dienone is 1. The maximum Gasteiger partial charge on any atom is 0.145 e. The number of rotatable bonds is 3. The Hall–Kier alpha value is -1.37. The van der Waals surface area contributed by atoms with Gasteiger partial charge in [-0.2, -0.15) is 0 Å². The second-order valence-corrected chi connectivity index (χ2v) is 2.37. The molecule has 0 unspecified atom stereocenters. The second kappa shape index (κ2) is 3.71. The van der Waals surface area contributed by atoms with Crippen LogP contribution in [0.2, 0.25) is 0 Å². The van der Waals surface area contributed by atoms with Crippen molar-refractivity contribution in [2.24, 2.45) is 0 Å². The highest BCUT2D eigenvalue weighted by Gasteiger charge is 1.92. The minimum Gasteiger partial charge on any atom is -0.298 e. The molecule has 0 saturated heterocycles. The van der Waals surface area contributed by atoms with Gasteiger partial charge in [-0.15, -0.1) is 0 Å². The fourth-order valence-corrected chi connectivity index (χ4v) is 0.878. The van der Waals surface area contributed by atoms with Gasteiger partial charge in [0.2, 0.25) is 0 Å². The normalized spacial score (nSPS) is 10.4. The highest BCUT2D eigenvalue weighted by molar-refractivity contribution is 5.72. The van der Waals surface area contributed by atoms with Crippen LogP contribution in [0.5, 0.6) is 0 Å². The molecule has 1 aromatic carbocycles. The summed E-state index contributed by atoms with van der Waals surface area (Å²) in [6, 6.07) is 9.53. The van der Waals surface area contributed by atoms with E-state index in [1.165, 1.54) is 0 Å². The molecule has 0 N–H and O–H groups in total. The van der Waals surface area contributed by atoms with E-state index >= 15 is 0 Å². The van der Waals surface area contributed by atoms with Gasteiger partial charge in [0.1, 0.15) is 7.63 Å². The van der Waals surface area contributed by atoms with E-state index < -0.39 is 6.26 Å². The summed E-state index contributed by atoms with van der Waals surface area (Å²) in [5.41, 5.74) is 1.35. The van der Waals surface area contributed by atoms with E-state index in [0.717, 1.165) is 5.56 Å². The topological polar surface area (TPSA) is 17.1 Å². The Kier molecular flexibility index (Phi) is 2.14. The van der Waals surface area contributed by atoms with E-state index in [9.17, 15) is 4.79 Å². The number of benzene rings is 1. The summed E-state index contributed by atoms with van der Waals surface area (Å²) in [6.45, 7) is 3.51. The highest BCUT2D eigenvalue weighted by Crippen LogP contribution is 2.03. The number of carbonyl (C=O) groups is 1. The first-order valence-corrected chi connectivity index (χ1v) is 3.43. The van der Waals surface area contributed by atoms with Gasteiger partial charge in [0.25, 0.3) is 0 Å². The Balaban J connectivity index is 2.65. The SMILES string of the molecule is [2H]C(=O)C(=C)Cc1ccccc1. The number of hydrogen-bond donors (Lipinski definition) is 0. The van der Waals surface area contributed by atoms with Gasteiger partial charge >= 0.3 is 0 Å². The molecule has 1 rings (SSSR count). The zero-order chi connectivity index (χ0) is 8.97. The maximum absolute atomic E-state index is 10.5. The quantitative estimate of drug-likeness (QED) is 0.472. The Bertz CT molecular complexity index is 290. The third kappa shape index (κ3) is 2.38. The Morgan fingerprint density at radius 2 is 2.18 bits per heavy atom. The van der Waals surface area contributed by atoms with Crippen LogP contribution in [0.4, 0.5) is 0 Å². The molecular weight excluding hydrogens is 136 g/mol. The van der Waals surface area contributed by atoms with E-state index in [2.05, 4.69) is 6.58 Å². The van der Waals surface area contributed by atoms with Crippen molar-refractivity contribution in [3.05, 3.63) is 48.0 Å². The Labute approximate surface area is 67.8 Å². The van der Waals surface area contributed by atoms with Crippen molar-refractivity contribution >= 4 is 6.26 Å². The molecule has 0 aliphatic heterocycles. The van der Waals surface area contributed by atoms with Crippen LogP contribution in [-0.2, 0) is 11.2 Å². The molecule has 0 bridgehead atoms. The lowest BCUT2D eigenvalue weighted by atomic mass is 10.1. The lowest BCUT2D eigenvalue weighted by molar-refractivity contribution is -0.104. The molecule has 1 nitrogen and oxygen atoms in total. The molecule has 0 aromatic heterocycles. The summed E-state index contributed by atoms with van der Waals surface area (Å²) < 4.78 is 6.79. The first-order valence-electron chi connectivity index (χ1n) is 3.93. The van der Waals surface area contributed by atoms with E-state index in [0.29, 0.717) is 12.0 Å². The monoisotopic (exact) mass is 147 g/mol. The zero-order valence-electron chi connectivity index (χ0n) is 7.21. The lowest BCUT2D eigenvalue weighted by Crippen LogP contribution is -1.88. The van der Waals surface area contributed by atoms with Crippen LogP contribution in [0.25, 0.3) is 0 Å². The summed E-state index contributed by atoms with van der Waals surface area (Å²) in [5.74, 6) is 0. The van der Waals surface area contributed by atoms with E-state index in [-0.39, 0.29) is 0 Å². The predicted octanol–water partition coefficient (Wildman–Crippen LogP) is 1.98. The van der Waals surface area contributed by atoms with Crippen molar-refractivity contribution in [2.45, 2.75) is 6.42 Å². The Morgan fingerprint density at radius 3 is 2.73 bits per heavy atom. The van der Waals surface area contributed by atoms with Crippen LogP contribution in [0.3, 0.4) is 0 Å². The van der Waals surface area contributed by atoms with E-state index in [1.54, 1.807) is 0 Å². The van der Waals surface area contributed by atoms with Crippen LogP contribution >= 0.6 is 0 Å². The molecule has 1 heteroatoms. The first-order chi connectivity index (χ1) is 5.70. The molecule has 0 aliphatic carbocycles. The predicted molar refractivity (Wildman–Crippen MR) is 45.4 cm³/mol. The average Bonchev–Trinajstić information content (AvgIpc) is 2.06. The third-order valence-corrected chi connectivity index (χ3v) is 1.40. The highest BCUT2D eigenvalue weighted by atomic mass is 16.1. The third-order valence-electron chi connectivity index (χ3n) is 1.40. The second-order valence-electron chi connectivity index (χ2n) is 2.37. The van der Waals surface area contributed by atoms with E-state index in [4.69, 9.17) is 1.37 Å². The molecule has 56 valence electrons. The molecule has 0 heterocycles. The summed E-state index contributed by atoms with van der Waals surface area (Å²) in [4.78, 5) is 10.5. The molecule has 0 saturated carbocycles.